The van der Waals surface area contributed by atoms with Gasteiger partial charge >= 0.3 is 0 Å². The number of hydrogen-bond acceptors (Lipinski definition) is 5. The van der Waals surface area contributed by atoms with E-state index in [-0.39, 0.29) is 10.6 Å². The SMILES string of the molecule is Cc1cnc(CNCCS(C)=O)c(C)c1[N+](=O)[O-]. The van der Waals surface area contributed by atoms with Crippen LogP contribution in [0.1, 0.15) is 16.8 Å². The second kappa shape index (κ2) is 6.55. The Morgan fingerprint density at radius 1 is 1.50 bits per heavy atom. The fraction of sp³-hybridized carbons (Fsp3) is 0.545. The summed E-state index contributed by atoms with van der Waals surface area (Å²) in [5.74, 6) is 0.563. The molecule has 0 aliphatic carbocycles. The molecular formula is C11H17N3O3S. The number of nitrogens with zero attached hydrogens (tertiary/aromatic N) is 2. The molecule has 0 fully saturated rings. The van der Waals surface area contributed by atoms with Gasteiger partial charge in [-0.2, -0.15) is 0 Å². The number of nitrogens with one attached hydrogen (secondary N) is 1. The largest absolute Gasteiger partial charge is 0.310 e. The second-order valence-corrected chi connectivity index (χ2v) is 5.63. The molecule has 100 valence electrons. The van der Waals surface area contributed by atoms with Gasteiger partial charge in [0.15, 0.2) is 0 Å². The van der Waals surface area contributed by atoms with Crippen LogP contribution in [0.25, 0.3) is 0 Å². The van der Waals surface area contributed by atoms with E-state index in [4.69, 9.17) is 0 Å². The maximum Gasteiger partial charge on any atom is 0.278 e. The summed E-state index contributed by atoms with van der Waals surface area (Å²) in [6.45, 7) is 4.43. The number of pyridine rings is 1. The molecule has 1 atom stereocenters. The average Bonchev–Trinajstić information content (AvgIpc) is 2.26. The molecule has 1 unspecified atom stereocenters. The molecule has 0 bridgehead atoms. The molecule has 1 aromatic heterocycles. The summed E-state index contributed by atoms with van der Waals surface area (Å²) in [7, 11) is -0.835. The van der Waals surface area contributed by atoms with E-state index in [1.165, 1.54) is 6.20 Å². The fourth-order valence-electron chi connectivity index (χ4n) is 1.65. The lowest BCUT2D eigenvalue weighted by atomic mass is 10.1. The Morgan fingerprint density at radius 3 is 2.72 bits per heavy atom. The van der Waals surface area contributed by atoms with E-state index >= 15 is 0 Å². The lowest BCUT2D eigenvalue weighted by Crippen LogP contribution is -2.21. The molecule has 7 heteroatoms. The van der Waals surface area contributed by atoms with Crippen molar-refractivity contribution in [3.05, 3.63) is 33.1 Å². The molecule has 1 aromatic rings. The maximum atomic E-state index is 10.9. The molecule has 0 saturated heterocycles. The van der Waals surface area contributed by atoms with E-state index in [1.54, 1.807) is 20.1 Å². The van der Waals surface area contributed by atoms with Crippen molar-refractivity contribution in [2.75, 3.05) is 18.6 Å². The van der Waals surface area contributed by atoms with Crippen LogP contribution in [0.3, 0.4) is 0 Å². The van der Waals surface area contributed by atoms with Crippen molar-refractivity contribution < 1.29 is 9.13 Å². The summed E-state index contributed by atoms with van der Waals surface area (Å²) in [5, 5.41) is 14.0. The Balaban J connectivity index is 2.75. The predicted molar refractivity (Wildman–Crippen MR) is 71.0 cm³/mol. The van der Waals surface area contributed by atoms with Crippen molar-refractivity contribution in [1.82, 2.24) is 10.3 Å². The van der Waals surface area contributed by atoms with Gasteiger partial charge in [-0.3, -0.25) is 19.3 Å². The summed E-state index contributed by atoms with van der Waals surface area (Å²) in [4.78, 5) is 14.7. The Kier molecular flexibility index (Phi) is 5.36. The van der Waals surface area contributed by atoms with Crippen LogP contribution in [0.4, 0.5) is 5.69 Å². The van der Waals surface area contributed by atoms with E-state index in [1.807, 2.05) is 0 Å². The topological polar surface area (TPSA) is 85.1 Å². The quantitative estimate of drug-likeness (QED) is 0.475. The average molecular weight is 271 g/mol. The lowest BCUT2D eigenvalue weighted by Gasteiger charge is -2.08. The summed E-state index contributed by atoms with van der Waals surface area (Å²) in [5.41, 5.74) is 1.94. The van der Waals surface area contributed by atoms with Crippen LogP contribution >= 0.6 is 0 Å². The minimum atomic E-state index is -0.835. The normalized spacial score (nSPS) is 12.4. The molecule has 1 rings (SSSR count). The number of hydrogen-bond donors (Lipinski definition) is 1. The Morgan fingerprint density at radius 2 is 2.17 bits per heavy atom. The van der Waals surface area contributed by atoms with Crippen LogP contribution < -0.4 is 5.32 Å². The summed E-state index contributed by atoms with van der Waals surface area (Å²) in [6, 6.07) is 0. The Hall–Kier alpha value is -1.34. The van der Waals surface area contributed by atoms with Crippen LogP contribution in [0.15, 0.2) is 6.20 Å². The van der Waals surface area contributed by atoms with Crippen LogP contribution in [0.2, 0.25) is 0 Å². The number of rotatable bonds is 6. The predicted octanol–water partition coefficient (Wildman–Crippen LogP) is 1.07. The lowest BCUT2D eigenvalue weighted by molar-refractivity contribution is -0.386. The van der Waals surface area contributed by atoms with Gasteiger partial charge < -0.3 is 5.32 Å². The van der Waals surface area contributed by atoms with E-state index in [0.717, 1.165) is 0 Å². The number of nitro groups is 1. The van der Waals surface area contributed by atoms with Gasteiger partial charge in [-0.15, -0.1) is 0 Å². The van der Waals surface area contributed by atoms with Gasteiger partial charge in [0.05, 0.1) is 10.6 Å². The Labute approximate surface area is 108 Å². The summed E-state index contributed by atoms with van der Waals surface area (Å²) in [6.07, 6.45) is 3.15. The molecule has 0 saturated carbocycles. The molecule has 0 spiro atoms. The van der Waals surface area contributed by atoms with E-state index < -0.39 is 10.8 Å². The monoisotopic (exact) mass is 271 g/mol. The molecule has 0 aromatic carbocycles. The highest BCUT2D eigenvalue weighted by atomic mass is 32.2. The molecule has 1 N–H and O–H groups in total. The zero-order chi connectivity index (χ0) is 13.7. The minimum absolute atomic E-state index is 0.126. The highest BCUT2D eigenvalue weighted by Gasteiger charge is 2.18. The first kappa shape index (κ1) is 14.7. The van der Waals surface area contributed by atoms with Crippen molar-refractivity contribution in [3.8, 4) is 0 Å². The highest BCUT2D eigenvalue weighted by Crippen LogP contribution is 2.23. The van der Waals surface area contributed by atoms with Crippen LogP contribution in [-0.2, 0) is 17.3 Å². The standard InChI is InChI=1S/C11H17N3O3S/c1-8-6-13-10(7-12-4-5-18(3)17)9(2)11(8)14(15)16/h6,12H,4-5,7H2,1-3H3. The van der Waals surface area contributed by atoms with Gasteiger partial charge in [-0.05, 0) is 13.8 Å². The first-order chi connectivity index (χ1) is 8.43. The third-order valence-electron chi connectivity index (χ3n) is 2.62. The number of aromatic nitrogens is 1. The number of aryl methyl sites for hydroxylation is 1. The Bertz CT molecular complexity index is 477. The highest BCUT2D eigenvalue weighted by molar-refractivity contribution is 7.84. The second-order valence-electron chi connectivity index (χ2n) is 4.07. The minimum Gasteiger partial charge on any atom is -0.310 e. The first-order valence-corrected chi connectivity index (χ1v) is 7.26. The van der Waals surface area contributed by atoms with Gasteiger partial charge in [0.1, 0.15) is 0 Å². The molecule has 0 radical (unpaired) electrons. The van der Waals surface area contributed by atoms with Gasteiger partial charge in [-0.25, -0.2) is 0 Å². The molecular weight excluding hydrogens is 254 g/mol. The zero-order valence-corrected chi connectivity index (χ0v) is 11.5. The van der Waals surface area contributed by atoms with Crippen LogP contribution in [0, 0.1) is 24.0 Å². The summed E-state index contributed by atoms with van der Waals surface area (Å²) >= 11 is 0. The van der Waals surface area contributed by atoms with Gasteiger partial charge in [-0.1, -0.05) is 0 Å². The smallest absolute Gasteiger partial charge is 0.278 e. The molecule has 18 heavy (non-hydrogen) atoms. The molecule has 6 nitrogen and oxygen atoms in total. The third kappa shape index (κ3) is 3.85. The van der Waals surface area contributed by atoms with Gasteiger partial charge in [0.2, 0.25) is 0 Å². The van der Waals surface area contributed by atoms with Crippen molar-refractivity contribution in [3.63, 3.8) is 0 Å². The van der Waals surface area contributed by atoms with Crippen LogP contribution in [0.5, 0.6) is 0 Å². The zero-order valence-electron chi connectivity index (χ0n) is 10.7. The maximum absolute atomic E-state index is 10.9. The molecule has 0 aliphatic heterocycles. The first-order valence-electron chi connectivity index (χ1n) is 5.53. The van der Waals surface area contributed by atoms with Gasteiger partial charge in [0.25, 0.3) is 5.69 Å². The van der Waals surface area contributed by atoms with E-state index in [0.29, 0.717) is 35.7 Å². The third-order valence-corrected chi connectivity index (χ3v) is 3.40. The molecule has 0 aliphatic rings. The van der Waals surface area contributed by atoms with Crippen LogP contribution in [-0.4, -0.2) is 32.7 Å². The van der Waals surface area contributed by atoms with Crippen molar-refractivity contribution in [2.24, 2.45) is 0 Å². The van der Waals surface area contributed by atoms with Gasteiger partial charge in [0, 0.05) is 53.2 Å². The molecule has 1 heterocycles. The summed E-state index contributed by atoms with van der Waals surface area (Å²) < 4.78 is 10.9. The van der Waals surface area contributed by atoms with Crippen molar-refractivity contribution >= 4 is 16.5 Å². The fourth-order valence-corrected chi connectivity index (χ4v) is 2.08. The van der Waals surface area contributed by atoms with Crippen molar-refractivity contribution in [1.29, 1.82) is 0 Å². The molecule has 0 amide bonds. The van der Waals surface area contributed by atoms with Crippen molar-refractivity contribution in [2.45, 2.75) is 20.4 Å². The van der Waals surface area contributed by atoms with E-state index in [9.17, 15) is 14.3 Å². The van der Waals surface area contributed by atoms with E-state index in [2.05, 4.69) is 10.3 Å².